The smallest absolute Gasteiger partial charge is 0.260 e. The molecule has 0 N–H and O–H groups in total. The number of anilines is 1. The lowest BCUT2D eigenvalue weighted by Gasteiger charge is -2.20. The van der Waals surface area contributed by atoms with Gasteiger partial charge < -0.3 is 4.57 Å². The van der Waals surface area contributed by atoms with E-state index in [1.807, 2.05) is 22.9 Å². The Bertz CT molecular complexity index is 1110. The lowest BCUT2D eigenvalue weighted by molar-refractivity contribution is 0.0986. The van der Waals surface area contributed by atoms with E-state index in [0.717, 1.165) is 23.2 Å². The highest BCUT2D eigenvalue weighted by Gasteiger charge is 2.21. The zero-order chi connectivity index (χ0) is 19.5. The average molecular weight is 447 g/mol. The van der Waals surface area contributed by atoms with E-state index < -0.39 is 0 Å². The van der Waals surface area contributed by atoms with E-state index in [4.69, 9.17) is 16.6 Å². The number of hydrogen-bond donors (Lipinski definition) is 0. The summed E-state index contributed by atoms with van der Waals surface area (Å²) in [4.78, 5) is 23.8. The fraction of sp³-hybridized carbons (Fsp3) is 0.190. The number of fused-ring (bicyclic) bond motifs is 1. The summed E-state index contributed by atoms with van der Waals surface area (Å²) in [6.07, 6.45) is 6.25. The number of imidazole rings is 1. The van der Waals surface area contributed by atoms with Crippen LogP contribution in [0, 0.1) is 6.92 Å². The first-order valence-corrected chi connectivity index (χ1v) is 10.2. The zero-order valence-electron chi connectivity index (χ0n) is 15.8. The molecule has 0 fully saturated rings. The second kappa shape index (κ2) is 9.39. The minimum atomic E-state index is -0.0936. The number of carbonyl (C=O) groups is 1. The fourth-order valence-electron chi connectivity index (χ4n) is 3.03. The van der Waals surface area contributed by atoms with Gasteiger partial charge in [0.1, 0.15) is 0 Å². The molecular weight excluding hydrogens is 427 g/mol. The molecule has 0 bridgehead atoms. The van der Waals surface area contributed by atoms with Crippen LogP contribution in [0.2, 0.25) is 5.02 Å². The molecule has 1 amide bonds. The molecule has 0 unspecified atom stereocenters. The van der Waals surface area contributed by atoms with Crippen LogP contribution in [0.3, 0.4) is 0 Å². The first-order valence-electron chi connectivity index (χ1n) is 9.00. The highest BCUT2D eigenvalue weighted by molar-refractivity contribution is 7.22. The first kappa shape index (κ1) is 21.3. The Balaban J connectivity index is 0.00000240. The molecule has 0 spiro atoms. The van der Waals surface area contributed by atoms with Crippen molar-refractivity contribution in [2.75, 3.05) is 11.4 Å². The molecule has 0 aliphatic rings. The van der Waals surface area contributed by atoms with Crippen molar-refractivity contribution in [3.05, 3.63) is 77.3 Å². The van der Waals surface area contributed by atoms with Crippen LogP contribution in [0.5, 0.6) is 0 Å². The van der Waals surface area contributed by atoms with Crippen LogP contribution in [0.25, 0.3) is 10.2 Å². The van der Waals surface area contributed by atoms with E-state index in [2.05, 4.69) is 18.0 Å². The fourth-order valence-corrected chi connectivity index (χ4v) is 4.31. The van der Waals surface area contributed by atoms with Gasteiger partial charge in [-0.05, 0) is 49.2 Å². The Morgan fingerprint density at radius 2 is 2.10 bits per heavy atom. The SMILES string of the molecule is Cc1ccc2nc(N(CCCn3ccnc3)C(=O)c3cccc(Cl)c3)sc2c1.Cl. The van der Waals surface area contributed by atoms with Crippen molar-refractivity contribution in [2.45, 2.75) is 19.9 Å². The molecule has 0 aliphatic heterocycles. The molecule has 4 aromatic rings. The molecule has 29 heavy (non-hydrogen) atoms. The summed E-state index contributed by atoms with van der Waals surface area (Å²) < 4.78 is 3.08. The summed E-state index contributed by atoms with van der Waals surface area (Å²) in [5.74, 6) is -0.0936. The predicted molar refractivity (Wildman–Crippen MR) is 122 cm³/mol. The van der Waals surface area contributed by atoms with Gasteiger partial charge in [0.25, 0.3) is 5.91 Å². The molecule has 0 saturated heterocycles. The van der Waals surface area contributed by atoms with Crippen LogP contribution in [-0.4, -0.2) is 27.0 Å². The van der Waals surface area contributed by atoms with Crippen molar-refractivity contribution in [3.8, 4) is 0 Å². The van der Waals surface area contributed by atoms with Gasteiger partial charge in [-0.2, -0.15) is 0 Å². The minimum Gasteiger partial charge on any atom is -0.337 e. The predicted octanol–water partition coefficient (Wildman–Crippen LogP) is 5.61. The number of aryl methyl sites for hydroxylation is 2. The third kappa shape index (κ3) is 4.96. The van der Waals surface area contributed by atoms with Gasteiger partial charge in [0.2, 0.25) is 0 Å². The molecule has 5 nitrogen and oxygen atoms in total. The third-order valence-corrected chi connectivity index (χ3v) is 5.71. The molecule has 2 aromatic carbocycles. The maximum Gasteiger partial charge on any atom is 0.260 e. The second-order valence-electron chi connectivity index (χ2n) is 6.59. The van der Waals surface area contributed by atoms with Crippen LogP contribution in [0.4, 0.5) is 5.13 Å². The Kier molecular flexibility index (Phi) is 6.90. The van der Waals surface area contributed by atoms with E-state index in [-0.39, 0.29) is 18.3 Å². The van der Waals surface area contributed by atoms with Crippen LogP contribution in [-0.2, 0) is 6.54 Å². The average Bonchev–Trinajstić information content (AvgIpc) is 3.34. The first-order chi connectivity index (χ1) is 13.6. The summed E-state index contributed by atoms with van der Waals surface area (Å²) in [6.45, 7) is 3.39. The van der Waals surface area contributed by atoms with Gasteiger partial charge >= 0.3 is 0 Å². The molecule has 0 aliphatic carbocycles. The lowest BCUT2D eigenvalue weighted by Crippen LogP contribution is -2.32. The van der Waals surface area contributed by atoms with E-state index in [0.29, 0.717) is 22.3 Å². The number of thiazole rings is 1. The van der Waals surface area contributed by atoms with Gasteiger partial charge in [0, 0.05) is 36.1 Å². The van der Waals surface area contributed by atoms with Crippen molar-refractivity contribution in [2.24, 2.45) is 0 Å². The topological polar surface area (TPSA) is 51.0 Å². The zero-order valence-corrected chi connectivity index (χ0v) is 18.2. The minimum absolute atomic E-state index is 0. The van der Waals surface area contributed by atoms with Gasteiger partial charge in [-0.1, -0.05) is 35.1 Å². The number of aromatic nitrogens is 3. The summed E-state index contributed by atoms with van der Waals surface area (Å²) >= 11 is 7.64. The number of amides is 1. The number of rotatable bonds is 6. The summed E-state index contributed by atoms with van der Waals surface area (Å²) in [5, 5.41) is 1.25. The molecule has 2 aromatic heterocycles. The van der Waals surface area contributed by atoms with Crippen LogP contribution in [0.1, 0.15) is 22.3 Å². The summed E-state index contributed by atoms with van der Waals surface area (Å²) in [6, 6.07) is 13.2. The summed E-state index contributed by atoms with van der Waals surface area (Å²) in [5.41, 5.74) is 2.64. The number of benzene rings is 2. The number of nitrogens with zero attached hydrogens (tertiary/aromatic N) is 4. The van der Waals surface area contributed by atoms with E-state index in [1.165, 1.54) is 16.9 Å². The standard InChI is InChI=1S/C21H19ClN4OS.ClH/c1-15-6-7-18-19(12-15)28-21(24-18)26(10-3-9-25-11-8-23-14-25)20(27)16-4-2-5-17(22)13-16;/h2,4-8,11-14H,3,9-10H2,1H3;1H. The monoisotopic (exact) mass is 446 g/mol. The van der Waals surface area contributed by atoms with Crippen molar-refractivity contribution in [3.63, 3.8) is 0 Å². The van der Waals surface area contributed by atoms with Crippen molar-refractivity contribution in [1.29, 1.82) is 0 Å². The Morgan fingerprint density at radius 3 is 2.86 bits per heavy atom. The maximum absolute atomic E-state index is 13.2. The molecule has 0 radical (unpaired) electrons. The number of halogens is 2. The molecule has 0 saturated carbocycles. The van der Waals surface area contributed by atoms with Gasteiger partial charge in [-0.15, -0.1) is 12.4 Å². The Hall–Kier alpha value is -2.41. The quantitative estimate of drug-likeness (QED) is 0.386. The lowest BCUT2D eigenvalue weighted by atomic mass is 10.2. The van der Waals surface area contributed by atoms with Crippen LogP contribution < -0.4 is 4.90 Å². The Morgan fingerprint density at radius 1 is 1.24 bits per heavy atom. The van der Waals surface area contributed by atoms with Crippen molar-refractivity contribution < 1.29 is 4.79 Å². The van der Waals surface area contributed by atoms with Gasteiger partial charge in [-0.3, -0.25) is 9.69 Å². The van der Waals surface area contributed by atoms with Gasteiger partial charge in [0.15, 0.2) is 5.13 Å². The summed E-state index contributed by atoms with van der Waals surface area (Å²) in [7, 11) is 0. The third-order valence-electron chi connectivity index (χ3n) is 4.44. The van der Waals surface area contributed by atoms with Crippen molar-refractivity contribution >= 4 is 56.6 Å². The highest BCUT2D eigenvalue weighted by atomic mass is 35.5. The molecule has 4 rings (SSSR count). The molecule has 8 heteroatoms. The van der Waals surface area contributed by atoms with Gasteiger partial charge in [-0.25, -0.2) is 9.97 Å². The largest absolute Gasteiger partial charge is 0.337 e. The van der Waals surface area contributed by atoms with Gasteiger partial charge in [0.05, 0.1) is 16.5 Å². The van der Waals surface area contributed by atoms with Crippen LogP contribution in [0.15, 0.2) is 61.2 Å². The molecule has 2 heterocycles. The van der Waals surface area contributed by atoms with E-state index in [9.17, 15) is 4.79 Å². The highest BCUT2D eigenvalue weighted by Crippen LogP contribution is 2.31. The second-order valence-corrected chi connectivity index (χ2v) is 8.03. The maximum atomic E-state index is 13.2. The molecular formula is C21H20Cl2N4OS. The Labute approximate surface area is 184 Å². The van der Waals surface area contributed by atoms with Crippen molar-refractivity contribution in [1.82, 2.24) is 14.5 Å². The number of carbonyl (C=O) groups excluding carboxylic acids is 1. The number of hydrogen-bond acceptors (Lipinski definition) is 4. The molecule has 150 valence electrons. The van der Waals surface area contributed by atoms with Crippen LogP contribution >= 0.6 is 35.3 Å². The van der Waals surface area contributed by atoms with E-state index in [1.54, 1.807) is 41.7 Å². The normalized spacial score (nSPS) is 10.7. The molecule has 0 atom stereocenters. The van der Waals surface area contributed by atoms with E-state index >= 15 is 0 Å².